The van der Waals surface area contributed by atoms with Gasteiger partial charge in [-0.15, -0.1) is 0 Å². The molecule has 3 rings (SSSR count). The van der Waals surface area contributed by atoms with E-state index < -0.39 is 5.97 Å². The van der Waals surface area contributed by atoms with Crippen LogP contribution in [0.25, 0.3) is 0 Å². The highest BCUT2D eigenvalue weighted by molar-refractivity contribution is 5.82. The van der Waals surface area contributed by atoms with Crippen LogP contribution in [0.2, 0.25) is 0 Å². The second-order valence-corrected chi connectivity index (χ2v) is 7.60. The van der Waals surface area contributed by atoms with Crippen LogP contribution in [0, 0.1) is 13.8 Å². The third-order valence-corrected chi connectivity index (χ3v) is 5.73. The largest absolute Gasteiger partial charge is 0.497 e. The predicted molar refractivity (Wildman–Crippen MR) is 119 cm³/mol. The van der Waals surface area contributed by atoms with Crippen molar-refractivity contribution in [1.82, 2.24) is 4.90 Å². The molecule has 166 valence electrons. The molecule has 1 amide bonds. The molecule has 0 bridgehead atoms. The molecular weight excluding hydrogens is 396 g/mol. The third-order valence-electron chi connectivity index (χ3n) is 5.73. The second kappa shape index (κ2) is 10.2. The molecule has 0 atom stereocenters. The minimum absolute atomic E-state index is 0.0286. The van der Waals surface area contributed by atoms with Crippen molar-refractivity contribution in [2.24, 2.45) is 0 Å². The highest BCUT2D eigenvalue weighted by atomic mass is 16.5. The lowest BCUT2D eigenvalue weighted by atomic mass is 10.1. The maximum absolute atomic E-state index is 12.5. The Labute approximate surface area is 183 Å². The average molecular weight is 427 g/mol. The number of hydrogen-bond donors (Lipinski definition) is 0. The smallest absolute Gasteiger partial charge is 0.310 e. The molecule has 1 aliphatic rings. The van der Waals surface area contributed by atoms with Gasteiger partial charge in [0.05, 0.1) is 20.6 Å². The number of benzene rings is 2. The molecular formula is C24H30N2O5. The first-order chi connectivity index (χ1) is 14.9. The van der Waals surface area contributed by atoms with Gasteiger partial charge in [-0.2, -0.15) is 0 Å². The SMILES string of the molecule is COc1ccc(CC(=O)OCC(=O)N2CCN(c3cccc(C)c3C)CC2)c(OC)c1. The number of hydrogen-bond acceptors (Lipinski definition) is 6. The van der Waals surface area contributed by atoms with Crippen molar-refractivity contribution >= 4 is 17.6 Å². The van der Waals surface area contributed by atoms with Crippen molar-refractivity contribution in [1.29, 1.82) is 0 Å². The number of piperazine rings is 1. The topological polar surface area (TPSA) is 68.3 Å². The monoisotopic (exact) mass is 426 g/mol. The summed E-state index contributed by atoms with van der Waals surface area (Å²) in [6, 6.07) is 11.5. The Morgan fingerprint density at radius 3 is 2.39 bits per heavy atom. The number of methoxy groups -OCH3 is 2. The fraction of sp³-hybridized carbons (Fsp3) is 0.417. The Bertz CT molecular complexity index is 936. The maximum atomic E-state index is 12.5. The molecule has 0 aromatic heterocycles. The summed E-state index contributed by atoms with van der Waals surface area (Å²) >= 11 is 0. The Hall–Kier alpha value is -3.22. The van der Waals surface area contributed by atoms with E-state index in [2.05, 4.69) is 36.9 Å². The molecule has 0 radical (unpaired) electrons. The van der Waals surface area contributed by atoms with E-state index in [4.69, 9.17) is 14.2 Å². The molecule has 0 spiro atoms. The summed E-state index contributed by atoms with van der Waals surface area (Å²) in [6.45, 7) is 6.71. The van der Waals surface area contributed by atoms with Crippen molar-refractivity contribution in [3.05, 3.63) is 53.1 Å². The minimum Gasteiger partial charge on any atom is -0.497 e. The highest BCUT2D eigenvalue weighted by Crippen LogP contribution is 2.25. The van der Waals surface area contributed by atoms with E-state index in [1.807, 2.05) is 0 Å². The van der Waals surface area contributed by atoms with Crippen LogP contribution < -0.4 is 14.4 Å². The van der Waals surface area contributed by atoms with Crippen molar-refractivity contribution in [3.8, 4) is 11.5 Å². The average Bonchev–Trinajstić information content (AvgIpc) is 2.79. The van der Waals surface area contributed by atoms with Crippen molar-refractivity contribution in [2.75, 3.05) is 51.9 Å². The van der Waals surface area contributed by atoms with E-state index in [1.165, 1.54) is 23.9 Å². The minimum atomic E-state index is -0.467. The summed E-state index contributed by atoms with van der Waals surface area (Å²) in [6.07, 6.45) is 0.0286. The molecule has 0 N–H and O–H groups in total. The Morgan fingerprint density at radius 1 is 0.968 bits per heavy atom. The van der Waals surface area contributed by atoms with Crippen molar-refractivity contribution < 1.29 is 23.8 Å². The number of amides is 1. The molecule has 0 saturated carbocycles. The Morgan fingerprint density at radius 2 is 1.71 bits per heavy atom. The maximum Gasteiger partial charge on any atom is 0.310 e. The lowest BCUT2D eigenvalue weighted by Gasteiger charge is -2.37. The molecule has 0 unspecified atom stereocenters. The van der Waals surface area contributed by atoms with Crippen LogP contribution in [0.4, 0.5) is 5.69 Å². The summed E-state index contributed by atoms with van der Waals surface area (Å²) in [5.41, 5.74) is 4.43. The zero-order valence-corrected chi connectivity index (χ0v) is 18.6. The first-order valence-electron chi connectivity index (χ1n) is 10.4. The molecule has 7 nitrogen and oxygen atoms in total. The number of anilines is 1. The third kappa shape index (κ3) is 5.48. The highest BCUT2D eigenvalue weighted by Gasteiger charge is 2.23. The van der Waals surface area contributed by atoms with E-state index in [9.17, 15) is 9.59 Å². The van der Waals surface area contributed by atoms with E-state index in [-0.39, 0.29) is 18.9 Å². The molecule has 2 aromatic rings. The van der Waals surface area contributed by atoms with Crippen LogP contribution in [-0.4, -0.2) is 63.8 Å². The molecule has 31 heavy (non-hydrogen) atoms. The van der Waals surface area contributed by atoms with Crippen molar-refractivity contribution in [2.45, 2.75) is 20.3 Å². The lowest BCUT2D eigenvalue weighted by Crippen LogP contribution is -2.50. The Balaban J connectivity index is 1.48. The number of carbonyl (C=O) groups excluding carboxylic acids is 2. The van der Waals surface area contributed by atoms with Crippen LogP contribution in [-0.2, 0) is 20.7 Å². The quantitative estimate of drug-likeness (QED) is 0.635. The van der Waals surface area contributed by atoms with Gasteiger partial charge in [0, 0.05) is 43.5 Å². The van der Waals surface area contributed by atoms with E-state index in [0.717, 1.165) is 13.1 Å². The summed E-state index contributed by atoms with van der Waals surface area (Å²) in [4.78, 5) is 28.8. The van der Waals surface area contributed by atoms with Crippen LogP contribution in [0.15, 0.2) is 36.4 Å². The van der Waals surface area contributed by atoms with Gasteiger partial charge in [0.1, 0.15) is 11.5 Å². The Kier molecular flexibility index (Phi) is 7.39. The molecule has 1 heterocycles. The fourth-order valence-corrected chi connectivity index (χ4v) is 3.71. The number of nitrogens with zero attached hydrogens (tertiary/aromatic N) is 2. The fourth-order valence-electron chi connectivity index (χ4n) is 3.71. The molecule has 1 saturated heterocycles. The van der Waals surface area contributed by atoms with Gasteiger partial charge in [0.25, 0.3) is 5.91 Å². The molecule has 1 aliphatic heterocycles. The number of esters is 1. The number of carbonyl (C=O) groups is 2. The summed E-state index contributed by atoms with van der Waals surface area (Å²) in [5.74, 6) is 0.552. The zero-order valence-electron chi connectivity index (χ0n) is 18.6. The summed E-state index contributed by atoms with van der Waals surface area (Å²) in [7, 11) is 3.10. The number of aryl methyl sites for hydroxylation is 1. The second-order valence-electron chi connectivity index (χ2n) is 7.60. The van der Waals surface area contributed by atoms with E-state index in [1.54, 1.807) is 30.2 Å². The van der Waals surface area contributed by atoms with E-state index in [0.29, 0.717) is 30.2 Å². The van der Waals surface area contributed by atoms with Crippen LogP contribution >= 0.6 is 0 Å². The van der Waals surface area contributed by atoms with Gasteiger partial charge >= 0.3 is 5.97 Å². The molecule has 2 aromatic carbocycles. The predicted octanol–water partition coefficient (Wildman–Crippen LogP) is 2.76. The number of rotatable bonds is 7. The molecule has 0 aliphatic carbocycles. The number of ether oxygens (including phenoxy) is 3. The first kappa shape index (κ1) is 22.5. The zero-order chi connectivity index (χ0) is 22.4. The first-order valence-corrected chi connectivity index (χ1v) is 10.4. The summed E-state index contributed by atoms with van der Waals surface area (Å²) in [5, 5.41) is 0. The van der Waals surface area contributed by atoms with Gasteiger partial charge < -0.3 is 24.0 Å². The van der Waals surface area contributed by atoms with E-state index >= 15 is 0 Å². The van der Waals surface area contributed by atoms with Gasteiger partial charge in [0.15, 0.2) is 6.61 Å². The lowest BCUT2D eigenvalue weighted by molar-refractivity contribution is -0.151. The van der Waals surface area contributed by atoms with Gasteiger partial charge in [-0.3, -0.25) is 9.59 Å². The van der Waals surface area contributed by atoms with Gasteiger partial charge in [-0.1, -0.05) is 18.2 Å². The van der Waals surface area contributed by atoms with Crippen LogP contribution in [0.3, 0.4) is 0 Å². The van der Waals surface area contributed by atoms with Gasteiger partial charge in [-0.25, -0.2) is 0 Å². The molecule has 7 heteroatoms. The van der Waals surface area contributed by atoms with Gasteiger partial charge in [0.2, 0.25) is 0 Å². The standard InChI is InChI=1S/C24H30N2O5/c1-17-6-5-7-21(18(17)2)25-10-12-26(13-11-25)23(27)16-31-24(28)14-19-8-9-20(29-3)15-22(19)30-4/h5-9,15H,10-14,16H2,1-4H3. The summed E-state index contributed by atoms with van der Waals surface area (Å²) < 4.78 is 15.7. The molecule has 1 fully saturated rings. The van der Waals surface area contributed by atoms with Crippen molar-refractivity contribution in [3.63, 3.8) is 0 Å². The van der Waals surface area contributed by atoms with Crippen LogP contribution in [0.1, 0.15) is 16.7 Å². The van der Waals surface area contributed by atoms with Crippen LogP contribution in [0.5, 0.6) is 11.5 Å². The normalized spacial score (nSPS) is 13.7. The van der Waals surface area contributed by atoms with Gasteiger partial charge in [-0.05, 0) is 37.1 Å².